The Morgan fingerprint density at radius 2 is 1.82 bits per heavy atom. The molecule has 8 heterocycles. The number of pyridine rings is 3. The van der Waals surface area contributed by atoms with Crippen LogP contribution in [0.4, 0.5) is 10.6 Å². The highest BCUT2D eigenvalue weighted by Gasteiger charge is 2.50. The molecule has 4 aliphatic rings. The molecule has 44 heavy (non-hydrogen) atoms. The molecule has 0 saturated carbocycles. The molecule has 2 bridgehead atoms. The number of hydrogen-bond donors (Lipinski definition) is 0. The number of carbonyl (C=O) groups is 2. The molecule has 0 radical (unpaired) electrons. The van der Waals surface area contributed by atoms with E-state index in [4.69, 9.17) is 14.7 Å². The Morgan fingerprint density at radius 1 is 1.00 bits per heavy atom. The van der Waals surface area contributed by atoms with E-state index in [1.807, 2.05) is 69.4 Å². The first-order valence-corrected chi connectivity index (χ1v) is 15.4. The minimum Gasteiger partial charge on any atom is -0.444 e. The predicted molar refractivity (Wildman–Crippen MR) is 167 cm³/mol. The van der Waals surface area contributed by atoms with Gasteiger partial charge in [-0.15, -0.1) is 0 Å². The summed E-state index contributed by atoms with van der Waals surface area (Å²) in [5, 5.41) is 5.27. The Morgan fingerprint density at radius 3 is 2.52 bits per heavy atom. The van der Waals surface area contributed by atoms with Gasteiger partial charge in [-0.25, -0.2) is 14.8 Å². The van der Waals surface area contributed by atoms with E-state index in [0.29, 0.717) is 13.0 Å². The molecule has 0 N–H and O–H groups in total. The number of carbonyl (C=O) groups excluding carboxylic acids is 2. The molecule has 3 unspecified atom stereocenters. The first-order chi connectivity index (χ1) is 21.1. The maximum absolute atomic E-state index is 13.8. The molecule has 11 nitrogen and oxygen atoms in total. The van der Waals surface area contributed by atoms with Crippen molar-refractivity contribution in [2.45, 2.75) is 70.2 Å². The van der Waals surface area contributed by atoms with Gasteiger partial charge in [0.25, 0.3) is 0 Å². The summed E-state index contributed by atoms with van der Waals surface area (Å²) < 4.78 is 7.40. The molecular formula is C33H38N8O3. The van der Waals surface area contributed by atoms with Gasteiger partial charge in [0.05, 0.1) is 35.2 Å². The van der Waals surface area contributed by atoms with Gasteiger partial charge >= 0.3 is 6.09 Å². The molecule has 228 valence electrons. The fraction of sp³-hybridized carbons (Fsp3) is 0.455. The van der Waals surface area contributed by atoms with Crippen molar-refractivity contribution in [3.05, 3.63) is 55.1 Å². The third-order valence-electron chi connectivity index (χ3n) is 8.81. The Labute approximate surface area is 256 Å². The zero-order valence-corrected chi connectivity index (χ0v) is 25.7. The van der Waals surface area contributed by atoms with Crippen LogP contribution in [0.2, 0.25) is 0 Å². The fourth-order valence-electron chi connectivity index (χ4n) is 6.77. The van der Waals surface area contributed by atoms with E-state index in [1.165, 1.54) is 0 Å². The average Bonchev–Trinajstić information content (AvgIpc) is 3.46. The molecule has 4 aromatic heterocycles. The Balaban J connectivity index is 1.07. The van der Waals surface area contributed by atoms with E-state index in [9.17, 15) is 9.59 Å². The van der Waals surface area contributed by atoms with E-state index >= 15 is 0 Å². The Bertz CT molecular complexity index is 1700. The van der Waals surface area contributed by atoms with Gasteiger partial charge in [-0.05, 0) is 76.8 Å². The number of nitrogens with zero attached hydrogens (tertiary/aromatic N) is 8. The molecule has 8 rings (SSSR count). The minimum absolute atomic E-state index is 0.0554. The van der Waals surface area contributed by atoms with Gasteiger partial charge < -0.3 is 14.5 Å². The van der Waals surface area contributed by atoms with E-state index < -0.39 is 17.7 Å². The van der Waals surface area contributed by atoms with Gasteiger partial charge in [-0.3, -0.25) is 19.4 Å². The fourth-order valence-corrected chi connectivity index (χ4v) is 6.77. The van der Waals surface area contributed by atoms with Crippen molar-refractivity contribution in [1.82, 2.24) is 34.5 Å². The van der Waals surface area contributed by atoms with Crippen LogP contribution in [0.15, 0.2) is 55.1 Å². The molecule has 4 fully saturated rings. The van der Waals surface area contributed by atoms with Crippen molar-refractivity contribution in [2.75, 3.05) is 24.5 Å². The number of ether oxygens (including phenoxy) is 1. The number of aromatic nitrogens is 5. The normalized spacial score (nSPS) is 21.7. The minimum atomic E-state index is -0.597. The lowest BCUT2D eigenvalue weighted by Gasteiger charge is -2.57. The maximum Gasteiger partial charge on any atom is 0.410 e. The summed E-state index contributed by atoms with van der Waals surface area (Å²) in [4.78, 5) is 47.1. The van der Waals surface area contributed by atoms with Crippen LogP contribution in [0.1, 0.15) is 46.5 Å². The zero-order chi connectivity index (χ0) is 30.6. The molecule has 4 saturated heterocycles. The number of hydrogen-bond acceptors (Lipinski definition) is 8. The molecular weight excluding hydrogens is 556 g/mol. The van der Waals surface area contributed by atoms with Crippen LogP contribution in [-0.4, -0.2) is 89.9 Å². The van der Waals surface area contributed by atoms with Crippen LogP contribution < -0.4 is 4.90 Å². The summed E-state index contributed by atoms with van der Waals surface area (Å²) in [5.41, 5.74) is 3.75. The number of fused-ring (bicyclic) bond motifs is 3. The second-order valence-electron chi connectivity index (χ2n) is 13.1. The third-order valence-corrected chi connectivity index (χ3v) is 8.81. The van der Waals surface area contributed by atoms with Crippen LogP contribution in [-0.2, 0) is 16.6 Å². The zero-order valence-electron chi connectivity index (χ0n) is 25.7. The van der Waals surface area contributed by atoms with Gasteiger partial charge in [-0.1, -0.05) is 0 Å². The predicted octanol–water partition coefficient (Wildman–Crippen LogP) is 4.67. The Hall–Kier alpha value is -4.54. The van der Waals surface area contributed by atoms with Gasteiger partial charge in [0, 0.05) is 61.8 Å². The van der Waals surface area contributed by atoms with Crippen LogP contribution in [0.25, 0.3) is 33.4 Å². The van der Waals surface area contributed by atoms with Crippen molar-refractivity contribution in [1.29, 1.82) is 0 Å². The van der Waals surface area contributed by atoms with Crippen LogP contribution >= 0.6 is 0 Å². The number of piperidine rings is 2. The number of anilines is 1. The summed E-state index contributed by atoms with van der Waals surface area (Å²) in [6, 6.07) is 9.82. The standard InChI is InChI=1S/C33H38N8O3/c1-33(2,3)44-32(43)40-13-6-5-9-28(40)31(42)41-23-14-24(41)20-39(19-23)29-11-10-21(16-35-29)30-25-8-7-12-34-27(25)15-26(37-30)22-17-36-38(4)18-22/h7-8,10-12,15-18,23-24,28H,5-6,9,13-14,19-20H2,1-4H3. The highest BCUT2D eigenvalue weighted by Crippen LogP contribution is 2.37. The molecule has 0 aliphatic carbocycles. The SMILES string of the molecule is Cn1cc(-c2cc3ncccc3c(-c3ccc(N4CC5CC(C4)N5C(=O)C4CCCCN4C(=O)OC(C)(C)C)nc3)n2)cn1. The van der Waals surface area contributed by atoms with Crippen molar-refractivity contribution in [3.8, 4) is 22.5 Å². The number of aryl methyl sites for hydroxylation is 1. The first kappa shape index (κ1) is 28.2. The van der Waals surface area contributed by atoms with E-state index in [-0.39, 0.29) is 18.0 Å². The van der Waals surface area contributed by atoms with Crippen molar-refractivity contribution in [2.24, 2.45) is 7.05 Å². The van der Waals surface area contributed by atoms with E-state index in [2.05, 4.69) is 21.0 Å². The van der Waals surface area contributed by atoms with Crippen molar-refractivity contribution < 1.29 is 14.3 Å². The average molecular weight is 595 g/mol. The Kier molecular flexibility index (Phi) is 6.98. The lowest BCUT2D eigenvalue weighted by molar-refractivity contribution is -0.153. The monoisotopic (exact) mass is 594 g/mol. The van der Waals surface area contributed by atoms with Gasteiger partial charge in [0.15, 0.2) is 0 Å². The lowest BCUT2D eigenvalue weighted by atomic mass is 9.85. The molecule has 11 heteroatoms. The van der Waals surface area contributed by atoms with Crippen LogP contribution in [0, 0.1) is 0 Å². The van der Waals surface area contributed by atoms with Gasteiger partial charge in [0.2, 0.25) is 5.91 Å². The highest BCUT2D eigenvalue weighted by atomic mass is 16.6. The first-order valence-electron chi connectivity index (χ1n) is 15.4. The molecule has 0 spiro atoms. The second kappa shape index (κ2) is 10.9. The van der Waals surface area contributed by atoms with Gasteiger partial charge in [-0.2, -0.15) is 5.10 Å². The number of rotatable bonds is 4. The van der Waals surface area contributed by atoms with E-state index in [0.717, 1.165) is 71.6 Å². The summed E-state index contributed by atoms with van der Waals surface area (Å²) in [7, 11) is 1.89. The molecule has 2 amide bonds. The number of amides is 2. The molecule has 3 atom stereocenters. The van der Waals surface area contributed by atoms with Crippen molar-refractivity contribution >= 4 is 28.7 Å². The molecule has 4 aliphatic heterocycles. The third kappa shape index (κ3) is 5.24. The summed E-state index contributed by atoms with van der Waals surface area (Å²) in [6.45, 7) is 7.56. The van der Waals surface area contributed by atoms with Crippen LogP contribution in [0.5, 0.6) is 0 Å². The smallest absolute Gasteiger partial charge is 0.410 e. The quantitative estimate of drug-likeness (QED) is 0.335. The number of piperazine rings is 1. The van der Waals surface area contributed by atoms with Gasteiger partial charge in [0.1, 0.15) is 17.5 Å². The highest BCUT2D eigenvalue weighted by molar-refractivity contribution is 5.94. The second-order valence-corrected chi connectivity index (χ2v) is 13.1. The summed E-state index contributed by atoms with van der Waals surface area (Å²) in [6.07, 6.45) is 10.5. The molecule has 4 aromatic rings. The number of likely N-dealkylation sites (tertiary alicyclic amines) is 1. The molecule has 0 aromatic carbocycles. The van der Waals surface area contributed by atoms with Crippen molar-refractivity contribution in [3.63, 3.8) is 0 Å². The van der Waals surface area contributed by atoms with Crippen LogP contribution in [0.3, 0.4) is 0 Å². The summed E-state index contributed by atoms with van der Waals surface area (Å²) >= 11 is 0. The summed E-state index contributed by atoms with van der Waals surface area (Å²) in [5.74, 6) is 0.939. The maximum atomic E-state index is 13.8. The largest absolute Gasteiger partial charge is 0.444 e. The topological polar surface area (TPSA) is 110 Å². The van der Waals surface area contributed by atoms with E-state index in [1.54, 1.807) is 22.0 Å². The lowest BCUT2D eigenvalue weighted by Crippen LogP contribution is -2.73.